The van der Waals surface area contributed by atoms with Crippen molar-refractivity contribution in [3.63, 3.8) is 0 Å². The van der Waals surface area contributed by atoms with Gasteiger partial charge in [-0.05, 0) is 30.7 Å². The molecule has 3 rings (SSSR count). The Labute approximate surface area is 123 Å². The molecule has 4 nitrogen and oxygen atoms in total. The van der Waals surface area contributed by atoms with Crippen LogP contribution in [0, 0.1) is 6.92 Å². The Bertz CT molecular complexity index is 743. The van der Waals surface area contributed by atoms with Gasteiger partial charge in [-0.1, -0.05) is 30.3 Å². The first-order valence-electron chi connectivity index (χ1n) is 6.09. The molecule has 0 saturated heterocycles. The number of nitrogens with two attached hydrogens (primary N) is 1. The van der Waals surface area contributed by atoms with Gasteiger partial charge in [0.2, 0.25) is 5.95 Å². The summed E-state index contributed by atoms with van der Waals surface area (Å²) >= 11 is 0. The molecule has 0 amide bonds. The van der Waals surface area contributed by atoms with Crippen LogP contribution >= 0.6 is 12.4 Å². The predicted molar refractivity (Wildman–Crippen MR) is 85.7 cm³/mol. The Morgan fingerprint density at radius 2 is 1.65 bits per heavy atom. The Hall–Kier alpha value is -2.33. The van der Waals surface area contributed by atoms with Crippen LogP contribution in [0.5, 0.6) is 0 Å². The van der Waals surface area contributed by atoms with Crippen LogP contribution in [0.25, 0.3) is 10.9 Å². The number of aromatic nitrogens is 2. The quantitative estimate of drug-likeness (QED) is 0.754. The number of rotatable bonds is 2. The zero-order chi connectivity index (χ0) is 13.2. The van der Waals surface area contributed by atoms with Crippen molar-refractivity contribution in [3.8, 4) is 0 Å². The molecule has 3 N–H and O–H groups in total. The first kappa shape index (κ1) is 14.1. The van der Waals surface area contributed by atoms with Crippen molar-refractivity contribution >= 4 is 40.8 Å². The second-order valence-electron chi connectivity index (χ2n) is 4.39. The van der Waals surface area contributed by atoms with Crippen LogP contribution in [-0.2, 0) is 0 Å². The average molecular weight is 287 g/mol. The molecule has 1 aromatic heterocycles. The number of para-hydroxylation sites is 2. The highest BCUT2D eigenvalue weighted by atomic mass is 35.5. The normalized spacial score (nSPS) is 10.1. The van der Waals surface area contributed by atoms with E-state index in [0.29, 0.717) is 0 Å². The second kappa shape index (κ2) is 5.75. The van der Waals surface area contributed by atoms with Gasteiger partial charge in [0.05, 0.1) is 5.52 Å². The largest absolute Gasteiger partial charge is 0.368 e. The van der Waals surface area contributed by atoms with Crippen molar-refractivity contribution in [2.24, 2.45) is 0 Å². The van der Waals surface area contributed by atoms with E-state index in [4.69, 9.17) is 5.73 Å². The van der Waals surface area contributed by atoms with Crippen LogP contribution in [0.2, 0.25) is 0 Å². The summed E-state index contributed by atoms with van der Waals surface area (Å²) in [6.07, 6.45) is 0. The van der Waals surface area contributed by atoms with Crippen molar-refractivity contribution < 1.29 is 0 Å². The average Bonchev–Trinajstić information content (AvgIpc) is 2.41. The summed E-state index contributed by atoms with van der Waals surface area (Å²) < 4.78 is 0. The van der Waals surface area contributed by atoms with E-state index in [9.17, 15) is 0 Å². The standard InChI is InChI=1S/C15H14N4.ClH/c1-10-6-2-4-8-12(10)17-14-11-7-3-5-9-13(11)18-15(16)19-14;/h2-9H,1H3,(H3,16,17,18,19);1H. The van der Waals surface area contributed by atoms with Crippen LogP contribution in [0.1, 0.15) is 5.56 Å². The molecule has 0 aliphatic heterocycles. The maximum Gasteiger partial charge on any atom is 0.222 e. The lowest BCUT2D eigenvalue weighted by molar-refractivity contribution is 1.23. The van der Waals surface area contributed by atoms with Crippen LogP contribution in [0.3, 0.4) is 0 Å². The summed E-state index contributed by atoms with van der Waals surface area (Å²) in [5, 5.41) is 4.28. The molecule has 0 radical (unpaired) electrons. The minimum absolute atomic E-state index is 0. The summed E-state index contributed by atoms with van der Waals surface area (Å²) in [6, 6.07) is 15.9. The third-order valence-corrected chi connectivity index (χ3v) is 3.02. The van der Waals surface area contributed by atoms with E-state index in [-0.39, 0.29) is 18.4 Å². The fraction of sp³-hybridized carbons (Fsp3) is 0.0667. The number of halogens is 1. The van der Waals surface area contributed by atoms with Gasteiger partial charge in [-0.2, -0.15) is 4.98 Å². The lowest BCUT2D eigenvalue weighted by Gasteiger charge is -2.11. The molecule has 20 heavy (non-hydrogen) atoms. The van der Waals surface area contributed by atoms with Gasteiger partial charge in [-0.25, -0.2) is 4.98 Å². The molecule has 0 fully saturated rings. The summed E-state index contributed by atoms with van der Waals surface area (Å²) in [7, 11) is 0. The maximum absolute atomic E-state index is 5.75. The van der Waals surface area contributed by atoms with E-state index < -0.39 is 0 Å². The lowest BCUT2D eigenvalue weighted by atomic mass is 10.2. The molecular formula is C15H15ClN4. The molecule has 0 atom stereocenters. The molecule has 0 aliphatic carbocycles. The van der Waals surface area contributed by atoms with Crippen molar-refractivity contribution in [1.29, 1.82) is 0 Å². The number of benzene rings is 2. The molecule has 1 heterocycles. The monoisotopic (exact) mass is 286 g/mol. The summed E-state index contributed by atoms with van der Waals surface area (Å²) in [4.78, 5) is 8.52. The topological polar surface area (TPSA) is 63.8 Å². The fourth-order valence-electron chi connectivity index (χ4n) is 2.03. The molecule has 0 unspecified atom stereocenters. The SMILES string of the molecule is Cc1ccccc1Nc1nc(N)nc2ccccc12.Cl. The third kappa shape index (κ3) is 2.65. The van der Waals surface area contributed by atoms with Gasteiger partial charge in [0.1, 0.15) is 5.82 Å². The van der Waals surface area contributed by atoms with E-state index in [1.54, 1.807) is 0 Å². The van der Waals surface area contributed by atoms with Crippen molar-refractivity contribution in [3.05, 3.63) is 54.1 Å². The van der Waals surface area contributed by atoms with Gasteiger partial charge in [-0.15, -0.1) is 12.4 Å². The van der Waals surface area contributed by atoms with E-state index >= 15 is 0 Å². The maximum atomic E-state index is 5.75. The molecule has 3 aromatic rings. The lowest BCUT2D eigenvalue weighted by Crippen LogP contribution is -2.02. The molecular weight excluding hydrogens is 272 g/mol. The van der Waals surface area contributed by atoms with Crippen LogP contribution in [0.15, 0.2) is 48.5 Å². The number of nitrogens with zero attached hydrogens (tertiary/aromatic N) is 2. The Balaban J connectivity index is 0.00000147. The van der Waals surface area contributed by atoms with Crippen molar-refractivity contribution in [2.75, 3.05) is 11.1 Å². The van der Waals surface area contributed by atoms with Gasteiger partial charge in [-0.3, -0.25) is 0 Å². The van der Waals surface area contributed by atoms with Gasteiger partial charge in [0, 0.05) is 11.1 Å². The van der Waals surface area contributed by atoms with E-state index in [1.807, 2.05) is 42.5 Å². The molecule has 5 heteroatoms. The fourth-order valence-corrected chi connectivity index (χ4v) is 2.03. The number of hydrogen-bond donors (Lipinski definition) is 2. The van der Waals surface area contributed by atoms with Crippen LogP contribution < -0.4 is 11.1 Å². The van der Waals surface area contributed by atoms with Gasteiger partial charge in [0.25, 0.3) is 0 Å². The van der Waals surface area contributed by atoms with Gasteiger partial charge in [0.15, 0.2) is 0 Å². The zero-order valence-corrected chi connectivity index (χ0v) is 11.8. The summed E-state index contributed by atoms with van der Waals surface area (Å²) in [5.74, 6) is 1.01. The number of nitrogens with one attached hydrogen (secondary N) is 1. The predicted octanol–water partition coefficient (Wildman–Crippen LogP) is 3.69. The van der Waals surface area contributed by atoms with Crippen LogP contribution in [0.4, 0.5) is 17.5 Å². The molecule has 0 spiro atoms. The molecule has 0 bridgehead atoms. The number of fused-ring (bicyclic) bond motifs is 1. The van der Waals surface area contributed by atoms with Crippen LogP contribution in [-0.4, -0.2) is 9.97 Å². The first-order chi connectivity index (χ1) is 9.24. The minimum Gasteiger partial charge on any atom is -0.368 e. The Morgan fingerprint density at radius 1 is 0.950 bits per heavy atom. The number of hydrogen-bond acceptors (Lipinski definition) is 4. The minimum atomic E-state index is 0. The second-order valence-corrected chi connectivity index (χ2v) is 4.39. The number of anilines is 3. The molecule has 0 aliphatic rings. The third-order valence-electron chi connectivity index (χ3n) is 3.02. The molecule has 0 saturated carbocycles. The smallest absolute Gasteiger partial charge is 0.222 e. The van der Waals surface area contributed by atoms with Crippen molar-refractivity contribution in [1.82, 2.24) is 9.97 Å². The highest BCUT2D eigenvalue weighted by Crippen LogP contribution is 2.25. The van der Waals surface area contributed by atoms with Gasteiger partial charge >= 0.3 is 0 Å². The number of nitrogen functional groups attached to an aromatic ring is 1. The summed E-state index contributed by atoms with van der Waals surface area (Å²) in [6.45, 7) is 2.05. The first-order valence-corrected chi connectivity index (χ1v) is 6.09. The molecule has 102 valence electrons. The highest BCUT2D eigenvalue weighted by Gasteiger charge is 2.06. The van der Waals surface area contributed by atoms with Crippen molar-refractivity contribution in [2.45, 2.75) is 6.92 Å². The Kier molecular flexibility index (Phi) is 4.05. The summed E-state index contributed by atoms with van der Waals surface area (Å²) in [5.41, 5.74) is 8.77. The Morgan fingerprint density at radius 3 is 2.45 bits per heavy atom. The zero-order valence-electron chi connectivity index (χ0n) is 11.0. The van der Waals surface area contributed by atoms with E-state index in [1.165, 1.54) is 0 Å². The van der Waals surface area contributed by atoms with E-state index in [0.717, 1.165) is 28.0 Å². The van der Waals surface area contributed by atoms with Gasteiger partial charge < -0.3 is 11.1 Å². The molecule has 2 aromatic carbocycles. The highest BCUT2D eigenvalue weighted by molar-refractivity contribution is 5.91. The van der Waals surface area contributed by atoms with E-state index in [2.05, 4.69) is 28.3 Å². The number of aryl methyl sites for hydroxylation is 1.